The lowest BCUT2D eigenvalue weighted by molar-refractivity contribution is -0.383. The molecule has 1 aromatic rings. The summed E-state index contributed by atoms with van der Waals surface area (Å²) in [6.45, 7) is 5.19. The summed E-state index contributed by atoms with van der Waals surface area (Å²) in [6.07, 6.45) is -1.01. The minimum Gasteiger partial charge on any atom is -0.396 e. The Labute approximate surface area is 122 Å². The molecular weight excluding hydrogens is 291 g/mol. The summed E-state index contributed by atoms with van der Waals surface area (Å²) in [5.41, 5.74) is 5.74. The lowest BCUT2D eigenvalue weighted by Crippen LogP contribution is -2.34. The van der Waals surface area contributed by atoms with Crippen LogP contribution in [0.25, 0.3) is 0 Å². The number of nitrogen functional groups attached to an aromatic ring is 1. The number of rotatable bonds is 4. The molecule has 0 heterocycles. The highest BCUT2D eigenvalue weighted by atomic mass is 35.5. The normalized spacial score (nSPS) is 13.9. The Balaban J connectivity index is 2.76. The minimum absolute atomic E-state index is 0.145. The van der Waals surface area contributed by atoms with E-state index in [1.54, 1.807) is 20.8 Å². The predicted octanol–water partition coefficient (Wildman–Crippen LogP) is 3.03. The van der Waals surface area contributed by atoms with Crippen LogP contribution in [0.4, 0.5) is 5.69 Å². The summed E-state index contributed by atoms with van der Waals surface area (Å²) in [5.74, 6) is 0. The van der Waals surface area contributed by atoms with Gasteiger partial charge in [-0.3, -0.25) is 10.0 Å². The molecule has 0 fully saturated rings. The maximum atomic E-state index is 9.99. The van der Waals surface area contributed by atoms with E-state index in [0.717, 1.165) is 0 Å². The summed E-state index contributed by atoms with van der Waals surface area (Å²) in [4.78, 5) is 5.15. The summed E-state index contributed by atoms with van der Waals surface area (Å²) < 4.78 is 0. The van der Waals surface area contributed by atoms with Gasteiger partial charge in [-0.05, 0) is 38.5 Å². The fraction of sp³-hybridized carbons (Fsp3) is 0.500. The highest BCUT2D eigenvalue weighted by molar-refractivity contribution is 6.38. The van der Waals surface area contributed by atoms with Crippen molar-refractivity contribution in [3.05, 3.63) is 27.7 Å². The van der Waals surface area contributed by atoms with Crippen LogP contribution in [0.1, 0.15) is 32.4 Å². The molecule has 1 unspecified atom stereocenters. The minimum atomic E-state index is -1.01. The molecule has 7 heteroatoms. The quantitative estimate of drug-likeness (QED) is 0.588. The van der Waals surface area contributed by atoms with Crippen LogP contribution in [0.3, 0.4) is 0 Å². The Bertz CT molecular complexity index is 426. The van der Waals surface area contributed by atoms with Crippen molar-refractivity contribution in [2.75, 3.05) is 12.3 Å². The van der Waals surface area contributed by atoms with Crippen LogP contribution in [0.5, 0.6) is 0 Å². The highest BCUT2D eigenvalue weighted by Crippen LogP contribution is 2.31. The molecule has 1 atom stereocenters. The van der Waals surface area contributed by atoms with Crippen LogP contribution in [-0.4, -0.2) is 27.7 Å². The van der Waals surface area contributed by atoms with Crippen molar-refractivity contribution in [2.45, 2.75) is 32.5 Å². The number of hydrogen-bond acceptors (Lipinski definition) is 5. The molecule has 4 N–H and O–H groups in total. The van der Waals surface area contributed by atoms with Gasteiger partial charge in [-0.15, -0.1) is 0 Å². The molecule has 0 amide bonds. The smallest absolute Gasteiger partial charge is 0.0966 e. The van der Waals surface area contributed by atoms with Crippen molar-refractivity contribution in [3.8, 4) is 0 Å². The predicted molar refractivity (Wildman–Crippen MR) is 75.2 cm³/mol. The molecule has 1 aromatic carbocycles. The number of nitrogens with zero attached hydrogens (tertiary/aromatic N) is 1. The second-order valence-electron chi connectivity index (χ2n) is 5.15. The molecule has 5 nitrogen and oxygen atoms in total. The van der Waals surface area contributed by atoms with Gasteiger partial charge in [-0.1, -0.05) is 28.4 Å². The topological polar surface area (TPSA) is 79.0 Å². The van der Waals surface area contributed by atoms with E-state index in [4.69, 9.17) is 33.8 Å². The molecule has 0 saturated heterocycles. The lowest BCUT2D eigenvalue weighted by Gasteiger charge is -2.26. The molecule has 19 heavy (non-hydrogen) atoms. The van der Waals surface area contributed by atoms with Crippen molar-refractivity contribution < 1.29 is 15.2 Å². The molecule has 108 valence electrons. The molecule has 0 aliphatic heterocycles. The second-order valence-corrected chi connectivity index (χ2v) is 5.97. The largest absolute Gasteiger partial charge is 0.396 e. The van der Waals surface area contributed by atoms with E-state index < -0.39 is 11.7 Å². The van der Waals surface area contributed by atoms with Crippen LogP contribution in [0.2, 0.25) is 10.0 Å². The van der Waals surface area contributed by atoms with Crippen molar-refractivity contribution in [1.29, 1.82) is 0 Å². The number of hydrogen-bond donors (Lipinski definition) is 3. The number of aliphatic hydroxyl groups excluding tert-OH is 1. The Morgan fingerprint density at radius 3 is 2.21 bits per heavy atom. The van der Waals surface area contributed by atoms with Crippen molar-refractivity contribution in [2.24, 2.45) is 0 Å². The van der Waals surface area contributed by atoms with E-state index >= 15 is 0 Å². The van der Waals surface area contributed by atoms with Crippen LogP contribution in [0.15, 0.2) is 12.1 Å². The Morgan fingerprint density at radius 1 is 1.32 bits per heavy atom. The Morgan fingerprint density at radius 2 is 1.79 bits per heavy atom. The third-order valence-electron chi connectivity index (χ3n) is 2.19. The van der Waals surface area contributed by atoms with Crippen LogP contribution < -0.4 is 5.73 Å². The molecule has 0 aliphatic rings. The second kappa shape index (κ2) is 6.26. The van der Waals surface area contributed by atoms with E-state index in [-0.39, 0.29) is 22.3 Å². The molecular formula is C12H18Cl2N2O3. The molecule has 1 rings (SSSR count). The number of halogens is 2. The molecule has 0 aromatic heterocycles. The van der Waals surface area contributed by atoms with Crippen LogP contribution >= 0.6 is 23.2 Å². The lowest BCUT2D eigenvalue weighted by atomic mass is 10.1. The summed E-state index contributed by atoms with van der Waals surface area (Å²) in [7, 11) is 0. The van der Waals surface area contributed by atoms with Gasteiger partial charge in [0.25, 0.3) is 0 Å². The van der Waals surface area contributed by atoms with E-state index in [0.29, 0.717) is 10.8 Å². The van der Waals surface area contributed by atoms with Gasteiger partial charge in [0.1, 0.15) is 0 Å². The van der Waals surface area contributed by atoms with E-state index in [1.165, 1.54) is 12.1 Å². The zero-order valence-corrected chi connectivity index (χ0v) is 12.5. The molecule has 0 bridgehead atoms. The molecule has 0 radical (unpaired) electrons. The monoisotopic (exact) mass is 308 g/mol. The summed E-state index contributed by atoms with van der Waals surface area (Å²) >= 11 is 11.8. The molecule has 0 spiro atoms. The zero-order chi connectivity index (χ0) is 14.8. The van der Waals surface area contributed by atoms with Gasteiger partial charge in [-0.25, -0.2) is 0 Å². The summed E-state index contributed by atoms with van der Waals surface area (Å²) in [5, 5.41) is 20.6. The van der Waals surface area contributed by atoms with Gasteiger partial charge >= 0.3 is 0 Å². The first-order chi connectivity index (χ1) is 8.60. The number of anilines is 1. The van der Waals surface area contributed by atoms with Gasteiger partial charge in [0, 0.05) is 0 Å². The maximum absolute atomic E-state index is 9.99. The van der Waals surface area contributed by atoms with Crippen LogP contribution in [-0.2, 0) is 4.84 Å². The molecule has 0 aliphatic carbocycles. The first-order valence-corrected chi connectivity index (χ1v) is 6.44. The molecule has 0 saturated carbocycles. The van der Waals surface area contributed by atoms with Gasteiger partial charge in [0.05, 0.1) is 34.0 Å². The fourth-order valence-electron chi connectivity index (χ4n) is 1.40. The number of aliphatic hydroxyl groups is 1. The van der Waals surface area contributed by atoms with E-state index in [2.05, 4.69) is 0 Å². The van der Waals surface area contributed by atoms with Crippen molar-refractivity contribution >= 4 is 28.9 Å². The van der Waals surface area contributed by atoms with E-state index in [9.17, 15) is 10.3 Å². The van der Waals surface area contributed by atoms with Crippen molar-refractivity contribution in [1.82, 2.24) is 5.23 Å². The average Bonchev–Trinajstić information content (AvgIpc) is 2.22. The zero-order valence-electron chi connectivity index (χ0n) is 11.0. The number of benzene rings is 1. The van der Waals surface area contributed by atoms with Gasteiger partial charge in [-0.2, -0.15) is 0 Å². The highest BCUT2D eigenvalue weighted by Gasteiger charge is 2.20. The standard InChI is InChI=1S/C12H18Cl2N2O3/c1-12(2,3)19-16(18)6-10(17)7-4-8(13)11(15)9(14)5-7/h4-5,10,17-18H,6,15H2,1-3H3. The maximum Gasteiger partial charge on any atom is 0.0966 e. The van der Waals surface area contributed by atoms with Crippen LogP contribution in [0, 0.1) is 0 Å². The Hall–Kier alpha value is -0.560. The van der Waals surface area contributed by atoms with Crippen molar-refractivity contribution in [3.63, 3.8) is 0 Å². The summed E-state index contributed by atoms with van der Waals surface area (Å²) in [6, 6.07) is 3.00. The first kappa shape index (κ1) is 16.5. The number of nitrogens with two attached hydrogens (primary N) is 1. The van der Waals surface area contributed by atoms with Gasteiger partial charge in [0.2, 0.25) is 0 Å². The SMILES string of the molecule is CC(C)(C)ON(O)CC(O)c1cc(Cl)c(N)c(Cl)c1. The first-order valence-electron chi connectivity index (χ1n) is 5.68. The average molecular weight is 309 g/mol. The number of hydroxylamine groups is 2. The third-order valence-corrected chi connectivity index (χ3v) is 2.82. The van der Waals surface area contributed by atoms with E-state index in [1.807, 2.05) is 0 Å². The Kier molecular flexibility index (Phi) is 5.43. The third kappa shape index (κ3) is 5.14. The van der Waals surface area contributed by atoms with Gasteiger partial charge in [0.15, 0.2) is 0 Å². The fourth-order valence-corrected chi connectivity index (χ4v) is 1.91. The van der Waals surface area contributed by atoms with Gasteiger partial charge < -0.3 is 10.8 Å².